The first-order valence-electron chi connectivity index (χ1n) is 9.36. The van der Waals surface area contributed by atoms with E-state index in [1.54, 1.807) is 0 Å². The molecule has 0 aliphatic carbocycles. The molecular formula is C19H30N4O. The summed E-state index contributed by atoms with van der Waals surface area (Å²) in [4.78, 5) is 2.56. The van der Waals surface area contributed by atoms with Crippen molar-refractivity contribution in [3.63, 3.8) is 0 Å². The molecule has 24 heavy (non-hydrogen) atoms. The summed E-state index contributed by atoms with van der Waals surface area (Å²) in [5, 5.41) is 14.3. The molecule has 0 N–H and O–H groups in total. The van der Waals surface area contributed by atoms with Crippen LogP contribution < -0.4 is 0 Å². The molecule has 132 valence electrons. The van der Waals surface area contributed by atoms with Gasteiger partial charge in [0.1, 0.15) is 0 Å². The normalized spacial score (nSPS) is 24.6. The molecule has 5 nitrogen and oxygen atoms in total. The van der Waals surface area contributed by atoms with Gasteiger partial charge in [-0.05, 0) is 71.5 Å². The van der Waals surface area contributed by atoms with E-state index in [0.717, 1.165) is 57.7 Å². The number of aromatic nitrogens is 2. The maximum atomic E-state index is 9.57. The van der Waals surface area contributed by atoms with Crippen molar-refractivity contribution in [1.82, 2.24) is 14.7 Å². The van der Waals surface area contributed by atoms with Gasteiger partial charge in [0.2, 0.25) is 0 Å². The Morgan fingerprint density at radius 2 is 2.17 bits per heavy atom. The largest absolute Gasteiger partial charge is 0.381 e. The molecule has 0 bridgehead atoms. The highest BCUT2D eigenvalue weighted by Gasteiger charge is 2.32. The zero-order chi connectivity index (χ0) is 17.0. The molecule has 1 unspecified atom stereocenters. The van der Waals surface area contributed by atoms with Crippen LogP contribution in [0, 0.1) is 30.6 Å². The van der Waals surface area contributed by atoms with Crippen LogP contribution in [0.4, 0.5) is 0 Å². The summed E-state index contributed by atoms with van der Waals surface area (Å²) in [5.41, 5.74) is 2.24. The Labute approximate surface area is 145 Å². The van der Waals surface area contributed by atoms with Gasteiger partial charge in [0.25, 0.3) is 0 Å². The summed E-state index contributed by atoms with van der Waals surface area (Å²) < 4.78 is 7.65. The zero-order valence-electron chi connectivity index (χ0n) is 15.1. The number of ether oxygens (including phenoxy) is 1. The Bertz CT molecular complexity index is 583. The number of likely N-dealkylation sites (tertiary alicyclic amines) is 1. The van der Waals surface area contributed by atoms with E-state index < -0.39 is 0 Å². The molecule has 0 radical (unpaired) electrons. The van der Waals surface area contributed by atoms with E-state index in [-0.39, 0.29) is 5.41 Å². The fourth-order valence-electron chi connectivity index (χ4n) is 4.27. The fourth-order valence-corrected chi connectivity index (χ4v) is 4.27. The van der Waals surface area contributed by atoms with Crippen LogP contribution in [0.5, 0.6) is 0 Å². The lowest BCUT2D eigenvalue weighted by Gasteiger charge is -2.35. The van der Waals surface area contributed by atoms with Crippen molar-refractivity contribution < 1.29 is 4.74 Å². The van der Waals surface area contributed by atoms with Crippen molar-refractivity contribution in [1.29, 1.82) is 5.26 Å². The van der Waals surface area contributed by atoms with E-state index in [9.17, 15) is 5.26 Å². The molecule has 0 aromatic carbocycles. The smallest absolute Gasteiger partial charge is 0.0691 e. The zero-order valence-corrected chi connectivity index (χ0v) is 15.1. The third-order valence-electron chi connectivity index (χ3n) is 5.69. The monoisotopic (exact) mass is 330 g/mol. The van der Waals surface area contributed by atoms with E-state index in [4.69, 9.17) is 4.74 Å². The number of nitrogens with zero attached hydrogens (tertiary/aromatic N) is 4. The number of nitriles is 1. The van der Waals surface area contributed by atoms with Gasteiger partial charge >= 0.3 is 0 Å². The van der Waals surface area contributed by atoms with Gasteiger partial charge in [-0.15, -0.1) is 0 Å². The first-order chi connectivity index (χ1) is 11.6. The molecule has 1 atom stereocenters. The van der Waals surface area contributed by atoms with E-state index in [2.05, 4.69) is 40.7 Å². The Morgan fingerprint density at radius 1 is 1.38 bits per heavy atom. The third kappa shape index (κ3) is 3.99. The minimum Gasteiger partial charge on any atom is -0.381 e. The van der Waals surface area contributed by atoms with Crippen LogP contribution in [0.1, 0.15) is 56.0 Å². The van der Waals surface area contributed by atoms with Crippen LogP contribution >= 0.6 is 0 Å². The molecule has 2 saturated heterocycles. The molecule has 5 heteroatoms. The van der Waals surface area contributed by atoms with E-state index >= 15 is 0 Å². The standard InChI is InChI=1S/C19H30N4O/c1-16-13-17(2)23(21-16)18-5-3-9-22(14-18)10-4-6-19(15-20)7-11-24-12-8-19/h13,18H,3-12,14H2,1-2H3. The molecule has 2 fully saturated rings. The van der Waals surface area contributed by atoms with E-state index in [1.165, 1.54) is 25.1 Å². The molecule has 3 heterocycles. The first-order valence-corrected chi connectivity index (χ1v) is 9.36. The van der Waals surface area contributed by atoms with Crippen molar-refractivity contribution in [3.8, 4) is 6.07 Å². The second kappa shape index (κ2) is 7.67. The SMILES string of the molecule is Cc1cc(C)n(C2CCCN(CCCC3(C#N)CCOCC3)C2)n1. The summed E-state index contributed by atoms with van der Waals surface area (Å²) in [5.74, 6) is 0. The van der Waals surface area contributed by atoms with Crippen LogP contribution in [0.2, 0.25) is 0 Å². The van der Waals surface area contributed by atoms with Crippen molar-refractivity contribution in [2.45, 2.75) is 58.4 Å². The number of aryl methyl sites for hydroxylation is 2. The highest BCUT2D eigenvalue weighted by atomic mass is 16.5. The predicted molar refractivity (Wildman–Crippen MR) is 93.7 cm³/mol. The number of piperidine rings is 1. The summed E-state index contributed by atoms with van der Waals surface area (Å²) in [7, 11) is 0. The number of hydrogen-bond donors (Lipinski definition) is 0. The molecule has 1 aromatic heterocycles. The van der Waals surface area contributed by atoms with E-state index in [1.807, 2.05) is 0 Å². The summed E-state index contributed by atoms with van der Waals surface area (Å²) in [6, 6.07) is 5.26. The van der Waals surface area contributed by atoms with Gasteiger partial charge in [-0.1, -0.05) is 0 Å². The molecule has 1 aromatic rings. The van der Waals surface area contributed by atoms with Gasteiger partial charge in [0.05, 0.1) is 23.2 Å². The third-order valence-corrected chi connectivity index (χ3v) is 5.69. The topological polar surface area (TPSA) is 54.1 Å². The number of rotatable bonds is 5. The van der Waals surface area contributed by atoms with Crippen LogP contribution in [-0.2, 0) is 4.74 Å². The van der Waals surface area contributed by atoms with Crippen LogP contribution in [0.25, 0.3) is 0 Å². The molecule has 0 saturated carbocycles. The van der Waals surface area contributed by atoms with Crippen molar-refractivity contribution >= 4 is 0 Å². The van der Waals surface area contributed by atoms with Crippen molar-refractivity contribution in [3.05, 3.63) is 17.5 Å². The Balaban J connectivity index is 1.51. The summed E-state index contributed by atoms with van der Waals surface area (Å²) in [6.45, 7) is 9.08. The highest BCUT2D eigenvalue weighted by Crippen LogP contribution is 2.35. The van der Waals surface area contributed by atoms with Gasteiger partial charge < -0.3 is 9.64 Å². The lowest BCUT2D eigenvalue weighted by molar-refractivity contribution is 0.0343. The minimum absolute atomic E-state index is 0.136. The average molecular weight is 330 g/mol. The quantitative estimate of drug-likeness (QED) is 0.832. The Hall–Kier alpha value is -1.38. The predicted octanol–water partition coefficient (Wildman–Crippen LogP) is 3.24. The van der Waals surface area contributed by atoms with Gasteiger partial charge in [-0.25, -0.2) is 0 Å². The maximum Gasteiger partial charge on any atom is 0.0691 e. The van der Waals surface area contributed by atoms with Gasteiger partial charge in [0.15, 0.2) is 0 Å². The number of hydrogen-bond acceptors (Lipinski definition) is 4. The molecule has 2 aliphatic heterocycles. The molecule has 0 amide bonds. The lowest BCUT2D eigenvalue weighted by Crippen LogP contribution is -2.38. The Morgan fingerprint density at radius 3 is 2.83 bits per heavy atom. The molecular weight excluding hydrogens is 300 g/mol. The fraction of sp³-hybridized carbons (Fsp3) is 0.789. The first kappa shape index (κ1) is 17.4. The van der Waals surface area contributed by atoms with Gasteiger partial charge in [-0.2, -0.15) is 10.4 Å². The summed E-state index contributed by atoms with van der Waals surface area (Å²) >= 11 is 0. The minimum atomic E-state index is -0.136. The van der Waals surface area contributed by atoms with Gasteiger partial charge in [0, 0.05) is 25.5 Å². The lowest BCUT2D eigenvalue weighted by atomic mass is 9.78. The highest BCUT2D eigenvalue weighted by molar-refractivity contribution is 5.08. The summed E-state index contributed by atoms with van der Waals surface area (Å²) in [6.07, 6.45) is 6.37. The van der Waals surface area contributed by atoms with E-state index in [0.29, 0.717) is 6.04 Å². The second-order valence-corrected chi connectivity index (χ2v) is 7.58. The average Bonchev–Trinajstić information content (AvgIpc) is 2.94. The van der Waals surface area contributed by atoms with Crippen molar-refractivity contribution in [2.75, 3.05) is 32.8 Å². The molecule has 2 aliphatic rings. The maximum absolute atomic E-state index is 9.57. The Kier molecular flexibility index (Phi) is 5.57. The molecule has 0 spiro atoms. The van der Waals surface area contributed by atoms with Gasteiger partial charge in [-0.3, -0.25) is 4.68 Å². The van der Waals surface area contributed by atoms with Crippen LogP contribution in [0.15, 0.2) is 6.07 Å². The van der Waals surface area contributed by atoms with Crippen LogP contribution in [0.3, 0.4) is 0 Å². The van der Waals surface area contributed by atoms with Crippen LogP contribution in [-0.4, -0.2) is 47.5 Å². The van der Waals surface area contributed by atoms with Crippen molar-refractivity contribution in [2.24, 2.45) is 5.41 Å². The second-order valence-electron chi connectivity index (χ2n) is 7.58. The molecule has 3 rings (SSSR count).